The van der Waals surface area contributed by atoms with Crippen LogP contribution in [-0.4, -0.2) is 23.8 Å². The molecular formula is C23H35NO4. The molecule has 0 aliphatic heterocycles. The van der Waals surface area contributed by atoms with Crippen LogP contribution in [0.3, 0.4) is 0 Å². The quantitative estimate of drug-likeness (QED) is 0.383. The van der Waals surface area contributed by atoms with E-state index in [9.17, 15) is 9.59 Å². The lowest BCUT2D eigenvalue weighted by atomic mass is 9.45. The average molecular weight is 390 g/mol. The molecule has 4 aliphatic rings. The first-order valence-corrected chi connectivity index (χ1v) is 11.2. The number of hydrogen-bond donors (Lipinski definition) is 0. The Hall–Kier alpha value is -1.39. The molecule has 0 amide bonds. The smallest absolute Gasteiger partial charge is 0.331 e. The molecule has 0 unspecified atom stereocenters. The summed E-state index contributed by atoms with van der Waals surface area (Å²) in [6.45, 7) is 7.82. The summed E-state index contributed by atoms with van der Waals surface area (Å²) in [6, 6.07) is 0. The van der Waals surface area contributed by atoms with E-state index in [-0.39, 0.29) is 23.5 Å². The van der Waals surface area contributed by atoms with Gasteiger partial charge >= 0.3 is 11.9 Å². The van der Waals surface area contributed by atoms with Crippen LogP contribution < -0.4 is 0 Å². The number of oxime groups is 1. The van der Waals surface area contributed by atoms with Gasteiger partial charge < -0.3 is 9.57 Å². The molecule has 4 aliphatic carbocycles. The normalized spacial score (nSPS) is 46.3. The fraction of sp³-hybridized carbons (Fsp3) is 0.870. The van der Waals surface area contributed by atoms with Crippen molar-refractivity contribution in [2.24, 2.45) is 39.7 Å². The summed E-state index contributed by atoms with van der Waals surface area (Å²) < 4.78 is 5.57. The minimum atomic E-state index is -0.328. The summed E-state index contributed by atoms with van der Waals surface area (Å²) in [4.78, 5) is 27.7. The molecule has 0 saturated heterocycles. The molecular weight excluding hydrogens is 354 g/mol. The zero-order valence-corrected chi connectivity index (χ0v) is 17.8. The fourth-order valence-corrected chi connectivity index (χ4v) is 7.62. The molecule has 0 aromatic heterocycles. The maximum atomic E-state index is 11.4. The van der Waals surface area contributed by atoms with Gasteiger partial charge in [-0.3, -0.25) is 4.79 Å². The number of nitrogens with zero attached hydrogens (tertiary/aromatic N) is 1. The molecule has 4 fully saturated rings. The van der Waals surface area contributed by atoms with Crippen LogP contribution in [-0.2, 0) is 19.2 Å². The zero-order chi connectivity index (χ0) is 20.1. The predicted octanol–water partition coefficient (Wildman–Crippen LogP) is 4.88. The molecule has 4 rings (SSSR count). The summed E-state index contributed by atoms with van der Waals surface area (Å²) in [5.74, 6) is 2.37. The van der Waals surface area contributed by atoms with Crippen LogP contribution >= 0.6 is 0 Å². The number of hydrogen-bond acceptors (Lipinski definition) is 5. The van der Waals surface area contributed by atoms with E-state index in [1.165, 1.54) is 46.0 Å². The van der Waals surface area contributed by atoms with Crippen molar-refractivity contribution >= 4 is 17.7 Å². The molecule has 0 heterocycles. The second kappa shape index (κ2) is 7.14. The molecule has 5 nitrogen and oxygen atoms in total. The second-order valence-corrected chi connectivity index (χ2v) is 10.3. The van der Waals surface area contributed by atoms with Crippen molar-refractivity contribution in [3.8, 4) is 0 Å². The summed E-state index contributed by atoms with van der Waals surface area (Å²) in [5.41, 5.74) is 1.57. The number of carbonyl (C=O) groups is 2. The van der Waals surface area contributed by atoms with Crippen molar-refractivity contribution in [2.45, 2.75) is 91.6 Å². The van der Waals surface area contributed by atoms with Gasteiger partial charge in [0.25, 0.3) is 0 Å². The minimum absolute atomic E-state index is 0.0920. The van der Waals surface area contributed by atoms with E-state index in [4.69, 9.17) is 9.57 Å². The molecule has 28 heavy (non-hydrogen) atoms. The maximum absolute atomic E-state index is 11.4. The van der Waals surface area contributed by atoms with E-state index in [0.717, 1.165) is 43.2 Å². The van der Waals surface area contributed by atoms with Crippen LogP contribution in [0.5, 0.6) is 0 Å². The first-order chi connectivity index (χ1) is 13.2. The van der Waals surface area contributed by atoms with Gasteiger partial charge in [-0.2, -0.15) is 0 Å². The number of ether oxygens (including phenoxy) is 1. The monoisotopic (exact) mass is 389 g/mol. The topological polar surface area (TPSA) is 65.0 Å². The standard InChI is InChI=1S/C23H35NO4/c1-14(25)27-17-9-11-22(3)16(13-17)5-6-18-19-7-8-21(24-28-15(2)26)23(19,4)12-10-20(18)22/h16-20H,5-13H2,1-4H3/b24-21+/t16-,17+,18-,19+,20+,22-,23-/m0/s1. The van der Waals surface area contributed by atoms with Crippen LogP contribution in [0.1, 0.15) is 85.5 Å². The summed E-state index contributed by atoms with van der Waals surface area (Å²) >= 11 is 0. The van der Waals surface area contributed by atoms with Gasteiger partial charge in [-0.05, 0) is 86.9 Å². The Labute approximate surface area is 168 Å². The van der Waals surface area contributed by atoms with E-state index >= 15 is 0 Å². The van der Waals surface area contributed by atoms with Crippen molar-refractivity contribution in [1.82, 2.24) is 0 Å². The Balaban J connectivity index is 1.52. The first kappa shape index (κ1) is 19.9. The van der Waals surface area contributed by atoms with Gasteiger partial charge in [0, 0.05) is 19.3 Å². The SMILES string of the molecule is CC(=O)O/N=C1\CC[C@@H]2[C@@H]3CC[C@H]4C[C@H](OC(C)=O)CC[C@]4(C)[C@@H]3CC[C@]12C. The third kappa shape index (κ3) is 3.19. The lowest BCUT2D eigenvalue weighted by Gasteiger charge is -2.60. The van der Waals surface area contributed by atoms with Gasteiger partial charge in [0.15, 0.2) is 0 Å². The number of esters is 1. The minimum Gasteiger partial charge on any atom is -0.463 e. The van der Waals surface area contributed by atoms with Gasteiger partial charge in [0.2, 0.25) is 0 Å². The van der Waals surface area contributed by atoms with Gasteiger partial charge in [0.1, 0.15) is 6.10 Å². The molecule has 4 saturated carbocycles. The fourth-order valence-electron chi connectivity index (χ4n) is 7.62. The van der Waals surface area contributed by atoms with Crippen LogP contribution in [0.15, 0.2) is 5.16 Å². The highest BCUT2D eigenvalue weighted by molar-refractivity contribution is 5.92. The van der Waals surface area contributed by atoms with Gasteiger partial charge in [-0.15, -0.1) is 0 Å². The van der Waals surface area contributed by atoms with Crippen molar-refractivity contribution in [1.29, 1.82) is 0 Å². The van der Waals surface area contributed by atoms with Crippen molar-refractivity contribution in [2.75, 3.05) is 0 Å². The molecule has 0 bridgehead atoms. The Bertz CT molecular complexity index is 688. The largest absolute Gasteiger partial charge is 0.463 e. The lowest BCUT2D eigenvalue weighted by Crippen LogP contribution is -2.54. The Morgan fingerprint density at radius 1 is 0.964 bits per heavy atom. The molecule has 0 spiro atoms. The van der Waals surface area contributed by atoms with Gasteiger partial charge in [-0.25, -0.2) is 4.79 Å². The van der Waals surface area contributed by atoms with Crippen molar-refractivity contribution in [3.05, 3.63) is 0 Å². The third-order valence-electron chi connectivity index (χ3n) is 8.98. The zero-order valence-electron chi connectivity index (χ0n) is 17.8. The highest BCUT2D eigenvalue weighted by Crippen LogP contribution is 2.65. The molecule has 7 atom stereocenters. The second-order valence-electron chi connectivity index (χ2n) is 10.3. The average Bonchev–Trinajstić information content (AvgIpc) is 2.96. The van der Waals surface area contributed by atoms with E-state index in [0.29, 0.717) is 17.3 Å². The molecule has 0 radical (unpaired) electrons. The lowest BCUT2D eigenvalue weighted by molar-refractivity contribution is -0.158. The molecule has 5 heteroatoms. The van der Waals surface area contributed by atoms with Crippen LogP contribution in [0.4, 0.5) is 0 Å². The highest BCUT2D eigenvalue weighted by Gasteiger charge is 2.59. The molecule has 0 aromatic carbocycles. The van der Waals surface area contributed by atoms with Crippen molar-refractivity contribution in [3.63, 3.8) is 0 Å². The summed E-state index contributed by atoms with van der Waals surface area (Å²) in [5, 5.41) is 4.27. The summed E-state index contributed by atoms with van der Waals surface area (Å²) in [6.07, 6.45) is 10.4. The van der Waals surface area contributed by atoms with E-state index in [1.54, 1.807) is 0 Å². The predicted molar refractivity (Wildman–Crippen MR) is 106 cm³/mol. The Morgan fingerprint density at radius 3 is 2.46 bits per heavy atom. The van der Waals surface area contributed by atoms with Crippen LogP contribution in [0, 0.1) is 34.5 Å². The van der Waals surface area contributed by atoms with Crippen LogP contribution in [0.25, 0.3) is 0 Å². The van der Waals surface area contributed by atoms with Crippen LogP contribution in [0.2, 0.25) is 0 Å². The van der Waals surface area contributed by atoms with E-state index in [1.807, 2.05) is 0 Å². The molecule has 0 aromatic rings. The van der Waals surface area contributed by atoms with E-state index < -0.39 is 0 Å². The van der Waals surface area contributed by atoms with Gasteiger partial charge in [0.05, 0.1) is 5.71 Å². The van der Waals surface area contributed by atoms with E-state index in [2.05, 4.69) is 19.0 Å². The maximum Gasteiger partial charge on any atom is 0.331 e. The number of rotatable bonds is 2. The highest BCUT2D eigenvalue weighted by atomic mass is 16.7. The molecule has 0 N–H and O–H groups in total. The number of fused-ring (bicyclic) bond motifs is 5. The number of carbonyl (C=O) groups excluding carboxylic acids is 2. The Morgan fingerprint density at radius 2 is 1.75 bits per heavy atom. The van der Waals surface area contributed by atoms with Crippen molar-refractivity contribution < 1.29 is 19.2 Å². The Kier molecular flexibility index (Phi) is 5.08. The van der Waals surface area contributed by atoms with Gasteiger partial charge in [-0.1, -0.05) is 19.0 Å². The summed E-state index contributed by atoms with van der Waals surface area (Å²) in [7, 11) is 0. The molecule has 156 valence electrons. The third-order valence-corrected chi connectivity index (χ3v) is 8.98. The first-order valence-electron chi connectivity index (χ1n) is 11.2.